The molecule has 0 aliphatic rings. The molecule has 1 unspecified atom stereocenters. The molecule has 0 bridgehead atoms. The third kappa shape index (κ3) is 2.75. The van der Waals surface area contributed by atoms with Gasteiger partial charge in [-0.2, -0.15) is 4.98 Å². The van der Waals surface area contributed by atoms with Crippen LogP contribution in [-0.2, 0) is 0 Å². The fourth-order valence-corrected chi connectivity index (χ4v) is 1.49. The van der Waals surface area contributed by atoms with E-state index in [-0.39, 0.29) is 5.89 Å². The molecule has 7 nitrogen and oxygen atoms in total. The molecule has 18 heavy (non-hydrogen) atoms. The molecule has 2 heterocycles. The lowest BCUT2D eigenvalue weighted by molar-refractivity contribution is 0.187. The summed E-state index contributed by atoms with van der Waals surface area (Å²) in [5, 5.41) is 14.9. The van der Waals surface area contributed by atoms with Crippen molar-refractivity contribution in [1.82, 2.24) is 20.4 Å². The molecule has 8 heteroatoms. The van der Waals surface area contributed by atoms with Crippen LogP contribution >= 0.6 is 11.6 Å². The summed E-state index contributed by atoms with van der Waals surface area (Å²) in [6.45, 7) is 1.60. The summed E-state index contributed by atoms with van der Waals surface area (Å²) < 4.78 is 4.97. The summed E-state index contributed by atoms with van der Waals surface area (Å²) in [6.07, 6.45) is 0.362. The molecule has 0 spiro atoms. The van der Waals surface area contributed by atoms with Crippen LogP contribution in [0.25, 0.3) is 11.4 Å². The van der Waals surface area contributed by atoms with Crippen molar-refractivity contribution in [2.75, 3.05) is 0 Å². The molecule has 94 valence electrons. The number of carboxylic acid groups (broad SMARTS) is 1. The summed E-state index contributed by atoms with van der Waals surface area (Å²) in [6, 6.07) is 2.68. The van der Waals surface area contributed by atoms with Gasteiger partial charge in [-0.05, 0) is 19.1 Å². The fourth-order valence-electron chi connectivity index (χ4n) is 1.32. The van der Waals surface area contributed by atoms with Crippen molar-refractivity contribution in [2.45, 2.75) is 13.0 Å². The molecule has 0 saturated carbocycles. The molecule has 2 aromatic heterocycles. The van der Waals surface area contributed by atoms with Crippen molar-refractivity contribution in [3.63, 3.8) is 0 Å². The van der Waals surface area contributed by atoms with E-state index in [9.17, 15) is 4.79 Å². The number of hydrogen-bond acceptors (Lipinski definition) is 5. The standard InChI is InChI=1S/C10H9ClN4O3/c1-5(13-10(16)17)9-14-8(15-18-9)6-2-3-12-7(11)4-6/h2-5,13H,1H3,(H,16,17). The first-order chi connectivity index (χ1) is 8.56. The smallest absolute Gasteiger partial charge is 0.405 e. The molecule has 0 aliphatic carbocycles. The summed E-state index contributed by atoms with van der Waals surface area (Å²) in [7, 11) is 0. The number of carbonyl (C=O) groups is 1. The topological polar surface area (TPSA) is 101 Å². The van der Waals surface area contributed by atoms with E-state index in [0.29, 0.717) is 16.5 Å². The van der Waals surface area contributed by atoms with Crippen LogP contribution in [0, 0.1) is 0 Å². The third-order valence-electron chi connectivity index (χ3n) is 2.14. The predicted molar refractivity (Wildman–Crippen MR) is 62.1 cm³/mol. The minimum atomic E-state index is -1.16. The second-order valence-electron chi connectivity index (χ2n) is 3.49. The fraction of sp³-hybridized carbons (Fsp3) is 0.200. The monoisotopic (exact) mass is 268 g/mol. The maximum atomic E-state index is 10.5. The lowest BCUT2D eigenvalue weighted by Crippen LogP contribution is -2.24. The number of rotatable bonds is 3. The van der Waals surface area contributed by atoms with E-state index in [0.717, 1.165) is 0 Å². The van der Waals surface area contributed by atoms with Gasteiger partial charge in [0, 0.05) is 11.8 Å². The first-order valence-corrected chi connectivity index (χ1v) is 5.39. The van der Waals surface area contributed by atoms with Gasteiger partial charge in [0.2, 0.25) is 11.7 Å². The SMILES string of the molecule is CC(NC(=O)O)c1nc(-c2ccnc(Cl)c2)no1. The largest absolute Gasteiger partial charge is 0.465 e. The summed E-state index contributed by atoms with van der Waals surface area (Å²) in [5.41, 5.74) is 0.646. The number of pyridine rings is 1. The Kier molecular flexibility index (Phi) is 3.42. The number of aromatic nitrogens is 3. The summed E-state index contributed by atoms with van der Waals surface area (Å²) in [4.78, 5) is 18.4. The molecular weight excluding hydrogens is 260 g/mol. The molecule has 1 amide bonds. The number of nitrogens with zero attached hydrogens (tertiary/aromatic N) is 3. The van der Waals surface area contributed by atoms with Crippen LogP contribution < -0.4 is 5.32 Å². The molecule has 0 aromatic carbocycles. The Morgan fingerprint density at radius 3 is 3.06 bits per heavy atom. The Hall–Kier alpha value is -2.15. The van der Waals surface area contributed by atoms with Crippen LogP contribution in [0.3, 0.4) is 0 Å². The zero-order valence-electron chi connectivity index (χ0n) is 9.29. The second kappa shape index (κ2) is 5.01. The molecule has 2 rings (SSSR count). The van der Waals surface area contributed by atoms with E-state index in [4.69, 9.17) is 21.2 Å². The highest BCUT2D eigenvalue weighted by molar-refractivity contribution is 6.29. The molecule has 0 radical (unpaired) electrons. The van der Waals surface area contributed by atoms with Crippen LogP contribution in [-0.4, -0.2) is 26.3 Å². The van der Waals surface area contributed by atoms with E-state index < -0.39 is 12.1 Å². The highest BCUT2D eigenvalue weighted by Crippen LogP contribution is 2.20. The van der Waals surface area contributed by atoms with Crippen molar-refractivity contribution in [1.29, 1.82) is 0 Å². The van der Waals surface area contributed by atoms with Gasteiger partial charge in [-0.1, -0.05) is 16.8 Å². The number of halogens is 1. The number of hydrogen-bond donors (Lipinski definition) is 2. The van der Waals surface area contributed by atoms with Crippen molar-refractivity contribution in [3.8, 4) is 11.4 Å². The van der Waals surface area contributed by atoms with Gasteiger partial charge in [-0.15, -0.1) is 0 Å². The highest BCUT2D eigenvalue weighted by atomic mass is 35.5. The Bertz CT molecular complexity index is 572. The maximum Gasteiger partial charge on any atom is 0.405 e. The second-order valence-corrected chi connectivity index (χ2v) is 3.88. The molecule has 0 saturated heterocycles. The quantitative estimate of drug-likeness (QED) is 0.827. The summed E-state index contributed by atoms with van der Waals surface area (Å²) >= 11 is 5.75. The first-order valence-electron chi connectivity index (χ1n) is 5.01. The molecule has 2 N–H and O–H groups in total. The lowest BCUT2D eigenvalue weighted by Gasteiger charge is -2.04. The van der Waals surface area contributed by atoms with E-state index in [1.54, 1.807) is 19.1 Å². The average molecular weight is 269 g/mol. The molecule has 0 aliphatic heterocycles. The van der Waals surface area contributed by atoms with Gasteiger partial charge in [0.25, 0.3) is 0 Å². The minimum Gasteiger partial charge on any atom is -0.465 e. The van der Waals surface area contributed by atoms with E-state index in [2.05, 4.69) is 20.4 Å². The predicted octanol–water partition coefficient (Wildman–Crippen LogP) is 2.11. The van der Waals surface area contributed by atoms with E-state index in [1.807, 2.05) is 0 Å². The third-order valence-corrected chi connectivity index (χ3v) is 2.34. The Labute approximate surface area is 107 Å². The Morgan fingerprint density at radius 2 is 2.39 bits per heavy atom. The van der Waals surface area contributed by atoms with Crippen LogP contribution in [0.1, 0.15) is 18.9 Å². The molecule has 2 aromatic rings. The number of amides is 1. The Balaban J connectivity index is 2.22. The van der Waals surface area contributed by atoms with Crippen LogP contribution in [0.4, 0.5) is 4.79 Å². The summed E-state index contributed by atoms with van der Waals surface area (Å²) in [5.74, 6) is 0.508. The zero-order valence-corrected chi connectivity index (χ0v) is 10.0. The van der Waals surface area contributed by atoms with Crippen LogP contribution in [0.5, 0.6) is 0 Å². The van der Waals surface area contributed by atoms with Gasteiger partial charge in [0.1, 0.15) is 11.2 Å². The van der Waals surface area contributed by atoms with Crippen molar-refractivity contribution >= 4 is 17.7 Å². The zero-order chi connectivity index (χ0) is 13.1. The lowest BCUT2D eigenvalue weighted by atomic mass is 10.2. The van der Waals surface area contributed by atoms with E-state index in [1.165, 1.54) is 6.20 Å². The van der Waals surface area contributed by atoms with Crippen molar-refractivity contribution in [3.05, 3.63) is 29.4 Å². The highest BCUT2D eigenvalue weighted by Gasteiger charge is 2.16. The van der Waals surface area contributed by atoms with Gasteiger partial charge in [0.15, 0.2) is 0 Å². The van der Waals surface area contributed by atoms with E-state index >= 15 is 0 Å². The molecular formula is C10H9ClN4O3. The minimum absolute atomic E-state index is 0.181. The van der Waals surface area contributed by atoms with Gasteiger partial charge in [-0.3, -0.25) is 0 Å². The maximum absolute atomic E-state index is 10.5. The van der Waals surface area contributed by atoms with Gasteiger partial charge in [-0.25, -0.2) is 9.78 Å². The first kappa shape index (κ1) is 12.3. The molecule has 1 atom stereocenters. The van der Waals surface area contributed by atoms with Crippen LogP contribution in [0.2, 0.25) is 5.15 Å². The van der Waals surface area contributed by atoms with Gasteiger partial charge in [0.05, 0.1) is 0 Å². The Morgan fingerprint density at radius 1 is 1.61 bits per heavy atom. The van der Waals surface area contributed by atoms with Crippen molar-refractivity contribution < 1.29 is 14.4 Å². The van der Waals surface area contributed by atoms with Crippen molar-refractivity contribution in [2.24, 2.45) is 0 Å². The van der Waals surface area contributed by atoms with Gasteiger partial charge >= 0.3 is 6.09 Å². The number of nitrogens with one attached hydrogen (secondary N) is 1. The normalized spacial score (nSPS) is 12.1. The van der Waals surface area contributed by atoms with Gasteiger partial charge < -0.3 is 14.9 Å². The molecule has 0 fully saturated rings. The van der Waals surface area contributed by atoms with Crippen LogP contribution in [0.15, 0.2) is 22.9 Å². The average Bonchev–Trinajstić information content (AvgIpc) is 2.77.